The summed E-state index contributed by atoms with van der Waals surface area (Å²) < 4.78 is 6.69. The molecule has 4 nitrogen and oxygen atoms in total. The molecule has 20 heavy (non-hydrogen) atoms. The van der Waals surface area contributed by atoms with Gasteiger partial charge in [-0.1, -0.05) is 19.8 Å². The predicted octanol–water partition coefficient (Wildman–Crippen LogP) is -1.14. The van der Waals surface area contributed by atoms with Crippen molar-refractivity contribution in [1.82, 2.24) is 0 Å². The Morgan fingerprint density at radius 2 is 2.00 bits per heavy atom. The van der Waals surface area contributed by atoms with Gasteiger partial charge in [0.25, 0.3) is 0 Å². The van der Waals surface area contributed by atoms with Crippen molar-refractivity contribution in [2.45, 2.75) is 64.1 Å². The van der Waals surface area contributed by atoms with Crippen molar-refractivity contribution in [1.29, 1.82) is 0 Å². The summed E-state index contributed by atoms with van der Waals surface area (Å²) in [6.07, 6.45) is 5.90. The first-order valence-electron chi connectivity index (χ1n) is 7.76. The number of carbonyl (C=O) groups is 1. The number of esters is 1. The molecule has 2 saturated heterocycles. The quantitative estimate of drug-likeness (QED) is 0.516. The largest absolute Gasteiger partial charge is 1.00 e. The number of hydrogen-bond donors (Lipinski definition) is 1. The zero-order valence-corrected chi connectivity index (χ0v) is 13.5. The van der Waals surface area contributed by atoms with Crippen LogP contribution in [0.4, 0.5) is 0 Å². The van der Waals surface area contributed by atoms with Crippen molar-refractivity contribution in [2.24, 2.45) is 0 Å². The second-order valence-electron chi connectivity index (χ2n) is 6.60. The molecule has 2 aliphatic heterocycles. The molecule has 1 spiro atoms. The van der Waals surface area contributed by atoms with E-state index in [4.69, 9.17) is 4.74 Å². The fourth-order valence-electron chi connectivity index (χ4n) is 3.44. The highest BCUT2D eigenvalue weighted by Gasteiger charge is 2.43. The van der Waals surface area contributed by atoms with Crippen LogP contribution in [0.25, 0.3) is 0 Å². The standard InChI is InChI=1S/C15H28NO3.ClH/c1-3-4-8-15(2,18)14(17)19-13-7-11-16(12-13)9-5-6-10-16;/h13,18H,3-12H2,1-2H3;1H/q+1;/p-1. The highest BCUT2D eigenvalue weighted by Crippen LogP contribution is 2.29. The maximum atomic E-state index is 12.1. The van der Waals surface area contributed by atoms with E-state index in [1.54, 1.807) is 6.92 Å². The molecule has 2 fully saturated rings. The molecule has 1 N–H and O–H groups in total. The van der Waals surface area contributed by atoms with Crippen LogP contribution in [0, 0.1) is 0 Å². The Hall–Kier alpha value is -0.320. The highest BCUT2D eigenvalue weighted by atomic mass is 35.5. The van der Waals surface area contributed by atoms with Gasteiger partial charge in [0.05, 0.1) is 19.6 Å². The zero-order valence-electron chi connectivity index (χ0n) is 12.7. The van der Waals surface area contributed by atoms with Crippen LogP contribution in [0.5, 0.6) is 0 Å². The normalized spacial score (nSPS) is 27.1. The number of carbonyl (C=O) groups excluding carboxylic acids is 1. The lowest BCUT2D eigenvalue weighted by molar-refractivity contribution is -0.906. The highest BCUT2D eigenvalue weighted by molar-refractivity contribution is 5.78. The summed E-state index contributed by atoms with van der Waals surface area (Å²) >= 11 is 0. The molecule has 0 bridgehead atoms. The second-order valence-corrected chi connectivity index (χ2v) is 6.60. The van der Waals surface area contributed by atoms with Crippen LogP contribution in [0.2, 0.25) is 0 Å². The molecule has 0 aliphatic carbocycles. The molecule has 2 heterocycles. The summed E-state index contributed by atoms with van der Waals surface area (Å²) in [6.45, 7) is 8.20. The minimum Gasteiger partial charge on any atom is -1.00 e. The number of quaternary nitrogens is 1. The maximum absolute atomic E-state index is 12.1. The number of halogens is 1. The van der Waals surface area contributed by atoms with Crippen molar-refractivity contribution < 1.29 is 31.5 Å². The molecule has 0 aromatic carbocycles. The molecule has 2 atom stereocenters. The van der Waals surface area contributed by atoms with Gasteiger partial charge in [0, 0.05) is 19.3 Å². The summed E-state index contributed by atoms with van der Waals surface area (Å²) in [5, 5.41) is 10.2. The fraction of sp³-hybridized carbons (Fsp3) is 0.933. The van der Waals surface area contributed by atoms with Crippen LogP contribution < -0.4 is 12.4 Å². The van der Waals surface area contributed by atoms with Crippen molar-refractivity contribution in [3.05, 3.63) is 0 Å². The lowest BCUT2D eigenvalue weighted by atomic mass is 9.99. The van der Waals surface area contributed by atoms with Gasteiger partial charge in [-0.3, -0.25) is 0 Å². The topological polar surface area (TPSA) is 46.5 Å². The molecule has 5 heteroatoms. The smallest absolute Gasteiger partial charge is 0.338 e. The van der Waals surface area contributed by atoms with Gasteiger partial charge in [0.1, 0.15) is 6.54 Å². The van der Waals surface area contributed by atoms with Crippen LogP contribution in [0.3, 0.4) is 0 Å². The van der Waals surface area contributed by atoms with E-state index in [1.807, 2.05) is 0 Å². The van der Waals surface area contributed by atoms with Gasteiger partial charge in [-0.2, -0.15) is 0 Å². The first kappa shape index (κ1) is 17.7. The van der Waals surface area contributed by atoms with Gasteiger partial charge in [-0.25, -0.2) is 4.79 Å². The van der Waals surface area contributed by atoms with Crippen molar-refractivity contribution >= 4 is 5.97 Å². The van der Waals surface area contributed by atoms with E-state index in [1.165, 1.54) is 25.9 Å². The Kier molecular flexibility index (Phi) is 6.29. The monoisotopic (exact) mass is 305 g/mol. The second kappa shape index (κ2) is 7.10. The number of nitrogens with zero attached hydrogens (tertiary/aromatic N) is 1. The van der Waals surface area contributed by atoms with Crippen LogP contribution in [0.15, 0.2) is 0 Å². The van der Waals surface area contributed by atoms with Gasteiger partial charge in [0.15, 0.2) is 11.7 Å². The Labute approximate surface area is 128 Å². The summed E-state index contributed by atoms with van der Waals surface area (Å²) in [4.78, 5) is 12.1. The van der Waals surface area contributed by atoms with E-state index in [0.29, 0.717) is 6.42 Å². The van der Waals surface area contributed by atoms with E-state index in [2.05, 4.69) is 6.92 Å². The third-order valence-corrected chi connectivity index (χ3v) is 4.76. The van der Waals surface area contributed by atoms with E-state index in [-0.39, 0.29) is 18.5 Å². The van der Waals surface area contributed by atoms with Crippen molar-refractivity contribution in [3.63, 3.8) is 0 Å². The first-order valence-corrected chi connectivity index (χ1v) is 7.76. The molecule has 0 saturated carbocycles. The molecular weight excluding hydrogens is 278 g/mol. The SMILES string of the molecule is CCCCC(C)(O)C(=O)OC1CC[N+]2(CCCC2)C1.[Cl-]. The summed E-state index contributed by atoms with van der Waals surface area (Å²) in [5.74, 6) is -0.426. The molecule has 118 valence electrons. The minimum atomic E-state index is -1.31. The third kappa shape index (κ3) is 4.09. The molecule has 2 rings (SSSR count). The Bertz CT molecular complexity index is 327. The molecule has 2 aliphatic rings. The van der Waals surface area contributed by atoms with E-state index >= 15 is 0 Å². The number of rotatable bonds is 5. The van der Waals surface area contributed by atoms with Gasteiger partial charge >= 0.3 is 5.97 Å². The number of ether oxygens (including phenoxy) is 1. The summed E-state index contributed by atoms with van der Waals surface area (Å²) in [7, 11) is 0. The lowest BCUT2D eigenvalue weighted by Gasteiger charge is -2.29. The zero-order chi connectivity index (χ0) is 13.9. The number of unbranched alkanes of at least 4 members (excludes halogenated alkanes) is 1. The molecule has 0 amide bonds. The first-order chi connectivity index (χ1) is 8.97. The van der Waals surface area contributed by atoms with Gasteiger partial charge in [-0.05, 0) is 13.3 Å². The average molecular weight is 306 g/mol. The molecule has 2 unspecified atom stereocenters. The van der Waals surface area contributed by atoms with Crippen molar-refractivity contribution in [2.75, 3.05) is 26.2 Å². The van der Waals surface area contributed by atoms with Crippen LogP contribution in [-0.2, 0) is 9.53 Å². The van der Waals surface area contributed by atoms with E-state index in [9.17, 15) is 9.90 Å². The summed E-state index contributed by atoms with van der Waals surface area (Å²) in [5.41, 5.74) is -1.31. The van der Waals surface area contributed by atoms with E-state index in [0.717, 1.165) is 36.8 Å². The van der Waals surface area contributed by atoms with Crippen LogP contribution in [-0.4, -0.2) is 53.4 Å². The maximum Gasteiger partial charge on any atom is 0.338 e. The van der Waals surface area contributed by atoms with Gasteiger partial charge in [-0.15, -0.1) is 0 Å². The Morgan fingerprint density at radius 1 is 1.35 bits per heavy atom. The van der Waals surface area contributed by atoms with Crippen molar-refractivity contribution in [3.8, 4) is 0 Å². The Morgan fingerprint density at radius 3 is 2.60 bits per heavy atom. The van der Waals surface area contributed by atoms with Crippen LogP contribution in [0.1, 0.15) is 52.4 Å². The predicted molar refractivity (Wildman–Crippen MR) is 73.6 cm³/mol. The van der Waals surface area contributed by atoms with Crippen LogP contribution >= 0.6 is 0 Å². The summed E-state index contributed by atoms with van der Waals surface area (Å²) in [6, 6.07) is 0. The Balaban J connectivity index is 0.00000200. The van der Waals surface area contributed by atoms with Gasteiger partial charge < -0.3 is 26.7 Å². The molecule has 0 aromatic rings. The third-order valence-electron chi connectivity index (χ3n) is 4.76. The number of hydrogen-bond acceptors (Lipinski definition) is 3. The lowest BCUT2D eigenvalue weighted by Crippen LogP contribution is -3.00. The molecule has 0 aromatic heterocycles. The fourth-order valence-corrected chi connectivity index (χ4v) is 3.44. The minimum absolute atomic E-state index is 0. The van der Waals surface area contributed by atoms with Gasteiger partial charge in [0.2, 0.25) is 0 Å². The average Bonchev–Trinajstić information content (AvgIpc) is 2.98. The molecular formula is C15H28ClNO3. The molecule has 0 radical (unpaired) electrons. The number of aliphatic hydroxyl groups is 1. The van der Waals surface area contributed by atoms with E-state index < -0.39 is 11.6 Å².